The average Bonchev–Trinajstić information content (AvgIpc) is 3.11. The standard InChI is InChI=1S/C15H22N2S/c1-3-8-17(10-12-4-5-12)13-6-7-14(15(16)18)11(2)9-13/h6-7,9,12H,3-5,8,10H2,1-2H3,(H2,16,18). The number of thiocarbonyl (C=S) groups is 1. The fraction of sp³-hybridized carbons (Fsp3) is 0.533. The lowest BCUT2D eigenvalue weighted by atomic mass is 10.1. The minimum Gasteiger partial charge on any atom is -0.389 e. The number of hydrogen-bond donors (Lipinski definition) is 1. The topological polar surface area (TPSA) is 29.3 Å². The zero-order valence-electron chi connectivity index (χ0n) is 11.3. The first-order chi connectivity index (χ1) is 8.61. The summed E-state index contributed by atoms with van der Waals surface area (Å²) in [7, 11) is 0. The number of anilines is 1. The van der Waals surface area contributed by atoms with Gasteiger partial charge in [-0.05, 0) is 55.9 Å². The van der Waals surface area contributed by atoms with Crippen molar-refractivity contribution in [1.82, 2.24) is 0 Å². The normalized spacial score (nSPS) is 14.6. The van der Waals surface area contributed by atoms with E-state index in [1.54, 1.807) is 0 Å². The van der Waals surface area contributed by atoms with E-state index in [1.807, 2.05) is 0 Å². The third kappa shape index (κ3) is 3.22. The first-order valence-corrected chi connectivity index (χ1v) is 7.18. The summed E-state index contributed by atoms with van der Waals surface area (Å²) in [5, 5.41) is 0. The largest absolute Gasteiger partial charge is 0.389 e. The Balaban J connectivity index is 2.18. The van der Waals surface area contributed by atoms with Crippen LogP contribution in [0.4, 0.5) is 5.69 Å². The van der Waals surface area contributed by atoms with E-state index in [1.165, 1.54) is 37.1 Å². The van der Waals surface area contributed by atoms with Crippen molar-refractivity contribution in [3.8, 4) is 0 Å². The Labute approximate surface area is 115 Å². The molecule has 0 bridgehead atoms. The second-order valence-corrected chi connectivity index (χ2v) is 5.69. The van der Waals surface area contributed by atoms with Crippen LogP contribution in [-0.4, -0.2) is 18.1 Å². The van der Waals surface area contributed by atoms with Gasteiger partial charge in [0.05, 0.1) is 0 Å². The fourth-order valence-corrected chi connectivity index (χ4v) is 2.56. The van der Waals surface area contributed by atoms with Gasteiger partial charge in [-0.2, -0.15) is 0 Å². The Morgan fingerprint density at radius 2 is 2.17 bits per heavy atom. The van der Waals surface area contributed by atoms with E-state index in [0.717, 1.165) is 18.0 Å². The second-order valence-electron chi connectivity index (χ2n) is 5.25. The van der Waals surface area contributed by atoms with E-state index in [9.17, 15) is 0 Å². The van der Waals surface area contributed by atoms with Gasteiger partial charge in [-0.1, -0.05) is 19.1 Å². The maximum atomic E-state index is 5.71. The number of benzene rings is 1. The van der Waals surface area contributed by atoms with Crippen molar-refractivity contribution in [3.05, 3.63) is 29.3 Å². The van der Waals surface area contributed by atoms with Crippen LogP contribution >= 0.6 is 12.2 Å². The van der Waals surface area contributed by atoms with Crippen LogP contribution in [-0.2, 0) is 0 Å². The molecular weight excluding hydrogens is 240 g/mol. The van der Waals surface area contributed by atoms with Gasteiger partial charge in [-0.3, -0.25) is 0 Å². The number of hydrogen-bond acceptors (Lipinski definition) is 2. The molecule has 1 saturated carbocycles. The average molecular weight is 262 g/mol. The van der Waals surface area contributed by atoms with Crippen LogP contribution in [0, 0.1) is 12.8 Å². The highest BCUT2D eigenvalue weighted by Gasteiger charge is 2.24. The molecule has 2 rings (SSSR count). The number of nitrogens with zero attached hydrogens (tertiary/aromatic N) is 1. The van der Waals surface area contributed by atoms with Crippen molar-refractivity contribution in [2.24, 2.45) is 11.7 Å². The van der Waals surface area contributed by atoms with Gasteiger partial charge >= 0.3 is 0 Å². The predicted octanol–water partition coefficient (Wildman–Crippen LogP) is 3.26. The molecule has 1 fully saturated rings. The molecule has 0 atom stereocenters. The van der Waals surface area contributed by atoms with Crippen molar-refractivity contribution < 1.29 is 0 Å². The van der Waals surface area contributed by atoms with E-state index in [4.69, 9.17) is 18.0 Å². The molecule has 18 heavy (non-hydrogen) atoms. The molecule has 1 aliphatic carbocycles. The number of nitrogens with two attached hydrogens (primary N) is 1. The van der Waals surface area contributed by atoms with E-state index < -0.39 is 0 Å². The lowest BCUT2D eigenvalue weighted by Crippen LogP contribution is -2.26. The van der Waals surface area contributed by atoms with Gasteiger partial charge in [-0.15, -0.1) is 0 Å². The van der Waals surface area contributed by atoms with Crippen molar-refractivity contribution in [3.63, 3.8) is 0 Å². The summed E-state index contributed by atoms with van der Waals surface area (Å²) in [6.07, 6.45) is 3.97. The molecule has 0 saturated heterocycles. The summed E-state index contributed by atoms with van der Waals surface area (Å²) in [6.45, 7) is 6.64. The third-order valence-corrected chi connectivity index (χ3v) is 3.73. The minimum atomic E-state index is 0.489. The smallest absolute Gasteiger partial charge is 0.104 e. The predicted molar refractivity (Wildman–Crippen MR) is 82.3 cm³/mol. The highest BCUT2D eigenvalue weighted by atomic mass is 32.1. The van der Waals surface area contributed by atoms with Crippen LogP contribution in [0.1, 0.15) is 37.3 Å². The van der Waals surface area contributed by atoms with Crippen LogP contribution in [0.15, 0.2) is 18.2 Å². The lowest BCUT2D eigenvalue weighted by molar-refractivity contribution is 0.708. The molecular formula is C15H22N2S. The van der Waals surface area contributed by atoms with E-state index >= 15 is 0 Å². The summed E-state index contributed by atoms with van der Waals surface area (Å²) in [5.41, 5.74) is 9.19. The van der Waals surface area contributed by atoms with Crippen molar-refractivity contribution in [2.75, 3.05) is 18.0 Å². The van der Waals surface area contributed by atoms with Crippen LogP contribution in [0.3, 0.4) is 0 Å². The van der Waals surface area contributed by atoms with Gasteiger partial charge in [-0.25, -0.2) is 0 Å². The summed E-state index contributed by atoms with van der Waals surface area (Å²) in [6, 6.07) is 6.43. The SMILES string of the molecule is CCCN(CC1CC1)c1ccc(C(N)=S)c(C)c1. The molecule has 0 amide bonds. The van der Waals surface area contributed by atoms with Gasteiger partial charge in [0.1, 0.15) is 4.99 Å². The molecule has 0 heterocycles. The molecule has 98 valence electrons. The maximum absolute atomic E-state index is 5.71. The Morgan fingerprint density at radius 1 is 1.44 bits per heavy atom. The molecule has 0 aliphatic heterocycles. The minimum absolute atomic E-state index is 0.489. The molecule has 1 aliphatic rings. The quantitative estimate of drug-likeness (QED) is 0.798. The monoisotopic (exact) mass is 262 g/mol. The van der Waals surface area contributed by atoms with Gasteiger partial charge < -0.3 is 10.6 Å². The van der Waals surface area contributed by atoms with E-state index in [-0.39, 0.29) is 0 Å². The molecule has 2 nitrogen and oxygen atoms in total. The van der Waals surface area contributed by atoms with Crippen molar-refractivity contribution in [2.45, 2.75) is 33.1 Å². The van der Waals surface area contributed by atoms with E-state index in [0.29, 0.717) is 4.99 Å². The highest BCUT2D eigenvalue weighted by Crippen LogP contribution is 2.32. The fourth-order valence-electron chi connectivity index (χ4n) is 2.33. The van der Waals surface area contributed by atoms with Gasteiger partial charge in [0, 0.05) is 24.3 Å². The van der Waals surface area contributed by atoms with E-state index in [2.05, 4.69) is 36.9 Å². The number of rotatable bonds is 6. The molecule has 0 spiro atoms. The third-order valence-electron chi connectivity index (χ3n) is 3.51. The Bertz CT molecular complexity index is 438. The number of aryl methyl sites for hydroxylation is 1. The highest BCUT2D eigenvalue weighted by molar-refractivity contribution is 7.80. The Kier molecular flexibility index (Phi) is 4.23. The summed E-state index contributed by atoms with van der Waals surface area (Å²) in [4.78, 5) is 2.98. The molecule has 0 unspecified atom stereocenters. The van der Waals surface area contributed by atoms with Gasteiger partial charge in [0.2, 0.25) is 0 Å². The Morgan fingerprint density at radius 3 is 2.67 bits per heavy atom. The van der Waals surface area contributed by atoms with Crippen LogP contribution in [0.25, 0.3) is 0 Å². The summed E-state index contributed by atoms with van der Waals surface area (Å²) < 4.78 is 0. The van der Waals surface area contributed by atoms with Crippen molar-refractivity contribution >= 4 is 22.9 Å². The summed E-state index contributed by atoms with van der Waals surface area (Å²) in [5.74, 6) is 0.909. The molecule has 0 radical (unpaired) electrons. The zero-order chi connectivity index (χ0) is 13.1. The maximum Gasteiger partial charge on any atom is 0.104 e. The first-order valence-electron chi connectivity index (χ1n) is 6.77. The molecule has 1 aromatic rings. The first kappa shape index (κ1) is 13.3. The molecule has 0 aromatic heterocycles. The van der Waals surface area contributed by atoms with Crippen LogP contribution in [0.2, 0.25) is 0 Å². The summed E-state index contributed by atoms with van der Waals surface area (Å²) >= 11 is 5.05. The molecule has 1 aromatic carbocycles. The second kappa shape index (κ2) is 5.70. The lowest BCUT2D eigenvalue weighted by Gasteiger charge is -2.25. The zero-order valence-corrected chi connectivity index (χ0v) is 12.1. The van der Waals surface area contributed by atoms with Gasteiger partial charge in [0.15, 0.2) is 0 Å². The van der Waals surface area contributed by atoms with Crippen LogP contribution in [0.5, 0.6) is 0 Å². The van der Waals surface area contributed by atoms with Gasteiger partial charge in [0.25, 0.3) is 0 Å². The molecule has 3 heteroatoms. The van der Waals surface area contributed by atoms with Crippen molar-refractivity contribution in [1.29, 1.82) is 0 Å². The Hall–Kier alpha value is -1.09. The van der Waals surface area contributed by atoms with Crippen LogP contribution < -0.4 is 10.6 Å². The molecule has 2 N–H and O–H groups in total.